The van der Waals surface area contributed by atoms with Gasteiger partial charge in [-0.3, -0.25) is 5.41 Å². The zero-order valence-electron chi connectivity index (χ0n) is 19.2. The first-order valence-corrected chi connectivity index (χ1v) is 10.9. The summed E-state index contributed by atoms with van der Waals surface area (Å²) in [4.78, 5) is 11.5. The van der Waals surface area contributed by atoms with Crippen molar-refractivity contribution in [1.82, 2.24) is 5.32 Å². The number of aliphatic imine (C=N–C) groups is 2. The second kappa shape index (κ2) is 9.56. The molecule has 0 fully saturated rings. The third kappa shape index (κ3) is 5.20. The Balaban J connectivity index is 1.52. The first kappa shape index (κ1) is 22.1. The maximum absolute atomic E-state index is 5.96. The molecular weight excluding hydrogens is 410 g/mol. The highest BCUT2D eigenvalue weighted by Gasteiger charge is 2.31. The molecule has 0 radical (unpaired) electrons. The number of hydrogen-bond acceptors (Lipinski definition) is 6. The van der Waals surface area contributed by atoms with E-state index in [4.69, 9.17) is 10.4 Å². The maximum atomic E-state index is 5.96. The molecular formula is C26H30N7+. The Morgan fingerprint density at radius 2 is 1.88 bits per heavy atom. The number of benzene rings is 3. The Kier molecular flexibility index (Phi) is 6.40. The average molecular weight is 441 g/mol. The average Bonchev–Trinajstić information content (AvgIpc) is 2.83. The van der Waals surface area contributed by atoms with E-state index in [2.05, 4.69) is 52.1 Å². The Morgan fingerprint density at radius 1 is 1.06 bits per heavy atom. The van der Waals surface area contributed by atoms with Crippen LogP contribution in [0.15, 0.2) is 82.8 Å². The van der Waals surface area contributed by atoms with E-state index < -0.39 is 5.79 Å². The van der Waals surface area contributed by atoms with Crippen LogP contribution in [0.3, 0.4) is 0 Å². The van der Waals surface area contributed by atoms with Crippen LogP contribution in [0.1, 0.15) is 23.6 Å². The van der Waals surface area contributed by atoms with Crippen LogP contribution in [0.4, 0.5) is 17.1 Å². The minimum absolute atomic E-state index is 0.636. The van der Waals surface area contributed by atoms with Crippen molar-refractivity contribution in [2.24, 2.45) is 9.98 Å². The van der Waals surface area contributed by atoms with Gasteiger partial charge < -0.3 is 20.9 Å². The lowest BCUT2D eigenvalue weighted by molar-refractivity contribution is -0.104. The predicted octanol–water partition coefficient (Wildman–Crippen LogP) is 2.99. The Bertz CT molecular complexity index is 1190. The van der Waals surface area contributed by atoms with Crippen LogP contribution in [-0.4, -0.2) is 31.3 Å². The van der Waals surface area contributed by atoms with Crippen LogP contribution >= 0.6 is 0 Å². The van der Waals surface area contributed by atoms with Gasteiger partial charge in [0.05, 0.1) is 11.9 Å². The third-order valence-electron chi connectivity index (χ3n) is 5.68. The molecule has 1 unspecified atom stereocenters. The molecule has 1 heterocycles. The van der Waals surface area contributed by atoms with Crippen molar-refractivity contribution in [3.63, 3.8) is 0 Å². The van der Waals surface area contributed by atoms with Crippen molar-refractivity contribution in [2.75, 3.05) is 22.6 Å². The molecule has 1 aliphatic rings. The number of rotatable bonds is 7. The number of guanidine groups is 1. The number of hydrogen-bond donors (Lipinski definition) is 4. The zero-order chi connectivity index (χ0) is 23.3. The first-order chi connectivity index (χ1) is 16.0. The molecule has 33 heavy (non-hydrogen) atoms. The molecule has 0 bridgehead atoms. The minimum atomic E-state index is -0.817. The summed E-state index contributed by atoms with van der Waals surface area (Å²) in [6.07, 6.45) is 3.29. The summed E-state index contributed by atoms with van der Waals surface area (Å²) in [6.45, 7) is 4.75. The minimum Gasteiger partial charge on any atom is -0.380 e. The Morgan fingerprint density at radius 3 is 2.64 bits per heavy atom. The molecule has 168 valence electrons. The summed E-state index contributed by atoms with van der Waals surface area (Å²) in [5.41, 5.74) is 6.20. The van der Waals surface area contributed by atoms with Gasteiger partial charge in [0.1, 0.15) is 0 Å². The number of anilines is 3. The van der Waals surface area contributed by atoms with Crippen molar-refractivity contribution in [3.8, 4) is 0 Å². The lowest BCUT2D eigenvalue weighted by Crippen LogP contribution is -2.48. The fraction of sp³-hybridized carbons (Fsp3) is 0.192. The van der Waals surface area contributed by atoms with Crippen LogP contribution in [0.25, 0.3) is 0 Å². The van der Waals surface area contributed by atoms with Gasteiger partial charge in [-0.25, -0.2) is 9.98 Å². The molecule has 5 N–H and O–H groups in total. The van der Waals surface area contributed by atoms with Crippen molar-refractivity contribution < 1.29 is 5.41 Å². The number of nitrogens with one attached hydrogen (secondary N) is 3. The molecule has 3 aromatic carbocycles. The highest BCUT2D eigenvalue weighted by atomic mass is 15.4. The Labute approximate surface area is 194 Å². The van der Waals surface area contributed by atoms with Crippen molar-refractivity contribution in [2.45, 2.75) is 26.2 Å². The molecule has 0 aliphatic carbocycles. The SMILES string of the molecule is Cc1cccc(NC2=NC(C)(N(C)c3ccc(NCc4ccccc4)c(C=[NH2+])c3)N=CN2)c1. The molecule has 1 aliphatic heterocycles. The lowest BCUT2D eigenvalue weighted by Gasteiger charge is -2.36. The van der Waals surface area contributed by atoms with Gasteiger partial charge in [0, 0.05) is 37.6 Å². The van der Waals surface area contributed by atoms with Gasteiger partial charge in [-0.05, 0) is 48.4 Å². The summed E-state index contributed by atoms with van der Waals surface area (Å²) in [6, 6.07) is 24.6. The van der Waals surface area contributed by atoms with Crippen molar-refractivity contribution in [1.29, 1.82) is 0 Å². The van der Waals surface area contributed by atoms with Gasteiger partial charge in [-0.1, -0.05) is 42.5 Å². The monoisotopic (exact) mass is 440 g/mol. The van der Waals surface area contributed by atoms with Crippen LogP contribution in [0.2, 0.25) is 0 Å². The van der Waals surface area contributed by atoms with Gasteiger partial charge in [-0.15, -0.1) is 0 Å². The molecule has 4 rings (SSSR count). The highest BCUT2D eigenvalue weighted by Crippen LogP contribution is 2.29. The molecule has 7 nitrogen and oxygen atoms in total. The van der Waals surface area contributed by atoms with Crippen molar-refractivity contribution >= 4 is 35.6 Å². The van der Waals surface area contributed by atoms with Gasteiger partial charge in [0.25, 0.3) is 0 Å². The van der Waals surface area contributed by atoms with E-state index in [9.17, 15) is 0 Å². The molecule has 7 heteroatoms. The van der Waals surface area contributed by atoms with E-state index in [1.807, 2.05) is 67.4 Å². The standard InChI is InChI=1S/C26H29N7/c1-19-8-7-11-22(14-19)31-25-29-18-30-26(2,32-25)33(3)23-12-13-24(21(15-23)16-27)28-17-20-9-5-4-6-10-20/h4-16,18,27-28H,17H2,1-3H3,(H2,29,30,31,32)/p+1. The summed E-state index contributed by atoms with van der Waals surface area (Å²) in [5, 5.41) is 15.9. The van der Waals surface area contributed by atoms with Crippen LogP contribution < -0.4 is 26.3 Å². The topological polar surface area (TPSA) is 89.6 Å². The molecule has 0 aromatic heterocycles. The van der Waals surface area contributed by atoms with E-state index in [1.165, 1.54) is 11.1 Å². The highest BCUT2D eigenvalue weighted by molar-refractivity contribution is 6.01. The maximum Gasteiger partial charge on any atom is 0.229 e. The van der Waals surface area contributed by atoms with E-state index >= 15 is 0 Å². The normalized spacial score (nSPS) is 17.0. The van der Waals surface area contributed by atoms with Crippen LogP contribution in [0, 0.1) is 6.92 Å². The fourth-order valence-electron chi connectivity index (χ4n) is 3.67. The molecule has 0 amide bonds. The van der Waals surface area contributed by atoms with Gasteiger partial charge in [-0.2, -0.15) is 0 Å². The molecule has 0 spiro atoms. The largest absolute Gasteiger partial charge is 0.380 e. The molecule has 0 saturated heterocycles. The quantitative estimate of drug-likeness (QED) is 0.425. The Hall–Kier alpha value is -4.13. The molecule has 3 aromatic rings. The predicted molar refractivity (Wildman–Crippen MR) is 138 cm³/mol. The number of nitrogens with zero attached hydrogens (tertiary/aromatic N) is 3. The third-order valence-corrected chi connectivity index (χ3v) is 5.68. The number of aryl methyl sites for hydroxylation is 1. The summed E-state index contributed by atoms with van der Waals surface area (Å²) in [5.74, 6) is -0.181. The van der Waals surface area contributed by atoms with E-state index in [1.54, 1.807) is 12.6 Å². The van der Waals surface area contributed by atoms with E-state index in [0.29, 0.717) is 5.96 Å². The second-order valence-corrected chi connectivity index (χ2v) is 8.16. The van der Waals surface area contributed by atoms with Crippen molar-refractivity contribution in [3.05, 3.63) is 89.5 Å². The van der Waals surface area contributed by atoms with Gasteiger partial charge in [0.15, 0.2) is 6.21 Å². The lowest BCUT2D eigenvalue weighted by atomic mass is 10.1. The zero-order valence-corrected chi connectivity index (χ0v) is 19.2. The summed E-state index contributed by atoms with van der Waals surface area (Å²) in [7, 11) is 1.98. The second-order valence-electron chi connectivity index (χ2n) is 8.16. The summed E-state index contributed by atoms with van der Waals surface area (Å²) >= 11 is 0. The smallest absolute Gasteiger partial charge is 0.229 e. The van der Waals surface area contributed by atoms with Crippen LogP contribution in [0.5, 0.6) is 0 Å². The van der Waals surface area contributed by atoms with Gasteiger partial charge >= 0.3 is 0 Å². The van der Waals surface area contributed by atoms with E-state index in [-0.39, 0.29) is 0 Å². The van der Waals surface area contributed by atoms with E-state index in [0.717, 1.165) is 29.2 Å². The van der Waals surface area contributed by atoms with Gasteiger partial charge in [0.2, 0.25) is 11.7 Å². The summed E-state index contributed by atoms with van der Waals surface area (Å²) < 4.78 is 0. The number of nitrogens with two attached hydrogens (primary N) is 1. The first-order valence-electron chi connectivity index (χ1n) is 10.9. The molecule has 1 atom stereocenters. The fourth-order valence-corrected chi connectivity index (χ4v) is 3.67. The molecule has 0 saturated carbocycles. The van der Waals surface area contributed by atoms with Crippen LogP contribution in [-0.2, 0) is 6.54 Å².